The molecule has 0 spiro atoms. The molecule has 0 bridgehead atoms. The average molecular weight is 295 g/mol. The van der Waals surface area contributed by atoms with Crippen molar-refractivity contribution in [3.8, 4) is 0 Å². The van der Waals surface area contributed by atoms with E-state index in [2.05, 4.69) is 4.98 Å². The van der Waals surface area contributed by atoms with Crippen molar-refractivity contribution < 1.29 is 14.3 Å². The maximum absolute atomic E-state index is 11.7. The normalized spacial score (nSPS) is 11.4. The first kappa shape index (κ1) is 15.5. The molecule has 0 saturated carbocycles. The summed E-state index contributed by atoms with van der Waals surface area (Å²) in [6.45, 7) is 0. The van der Waals surface area contributed by atoms with Crippen molar-refractivity contribution in [3.63, 3.8) is 0 Å². The number of pyridine rings is 1. The quantitative estimate of drug-likeness (QED) is 0.466. The van der Waals surface area contributed by atoms with Crippen LogP contribution in [0, 0.1) is 0 Å². The molecule has 4 heteroatoms. The highest BCUT2D eigenvalue weighted by atomic mass is 16.5. The van der Waals surface area contributed by atoms with Crippen LogP contribution in [0.3, 0.4) is 0 Å². The van der Waals surface area contributed by atoms with Gasteiger partial charge in [-0.05, 0) is 29.8 Å². The average Bonchev–Trinajstić information content (AvgIpc) is 2.57. The van der Waals surface area contributed by atoms with Gasteiger partial charge in [0.05, 0.1) is 19.2 Å². The standard InChI is InChI=1S/C18H17NO3/c1-21-17(11-10-16-9-5-6-12-19-16)14-22-18(20)13-15-7-3-2-4-8-15/h2-12,14H,13H2,1H3/b11-10+,17-14-. The number of benzene rings is 1. The molecule has 0 aliphatic heterocycles. The highest BCUT2D eigenvalue weighted by molar-refractivity contribution is 5.73. The van der Waals surface area contributed by atoms with E-state index in [-0.39, 0.29) is 12.4 Å². The molecule has 0 aliphatic carbocycles. The summed E-state index contributed by atoms with van der Waals surface area (Å²) in [4.78, 5) is 15.9. The van der Waals surface area contributed by atoms with Gasteiger partial charge >= 0.3 is 5.97 Å². The molecule has 1 aromatic heterocycles. The van der Waals surface area contributed by atoms with Gasteiger partial charge in [0, 0.05) is 6.20 Å². The first-order chi connectivity index (χ1) is 10.8. The maximum Gasteiger partial charge on any atom is 0.315 e. The van der Waals surface area contributed by atoms with Gasteiger partial charge in [0.25, 0.3) is 0 Å². The lowest BCUT2D eigenvalue weighted by atomic mass is 10.2. The van der Waals surface area contributed by atoms with Gasteiger partial charge < -0.3 is 9.47 Å². The molecular formula is C18H17NO3. The van der Waals surface area contributed by atoms with Gasteiger partial charge in [-0.1, -0.05) is 36.4 Å². The Morgan fingerprint density at radius 2 is 1.91 bits per heavy atom. The van der Waals surface area contributed by atoms with Crippen molar-refractivity contribution in [1.29, 1.82) is 0 Å². The third kappa shape index (κ3) is 5.25. The van der Waals surface area contributed by atoms with E-state index in [4.69, 9.17) is 9.47 Å². The van der Waals surface area contributed by atoms with Crippen molar-refractivity contribution in [2.75, 3.05) is 7.11 Å². The van der Waals surface area contributed by atoms with Gasteiger partial charge in [0.2, 0.25) is 0 Å². The summed E-state index contributed by atoms with van der Waals surface area (Å²) in [5, 5.41) is 0. The summed E-state index contributed by atoms with van der Waals surface area (Å²) in [6, 6.07) is 15.0. The fourth-order valence-corrected chi connectivity index (χ4v) is 1.73. The van der Waals surface area contributed by atoms with Crippen molar-refractivity contribution in [2.24, 2.45) is 0 Å². The van der Waals surface area contributed by atoms with Crippen LogP contribution in [-0.4, -0.2) is 18.1 Å². The number of rotatable bonds is 6. The molecule has 112 valence electrons. The number of aromatic nitrogens is 1. The Hall–Kier alpha value is -2.88. The predicted molar refractivity (Wildman–Crippen MR) is 84.6 cm³/mol. The molecule has 0 saturated heterocycles. The van der Waals surface area contributed by atoms with E-state index in [1.165, 1.54) is 13.4 Å². The van der Waals surface area contributed by atoms with Crippen LogP contribution in [0.2, 0.25) is 0 Å². The van der Waals surface area contributed by atoms with Crippen LogP contribution in [0.25, 0.3) is 6.08 Å². The molecule has 0 fully saturated rings. The lowest BCUT2D eigenvalue weighted by Gasteiger charge is -2.02. The molecule has 0 N–H and O–H groups in total. The summed E-state index contributed by atoms with van der Waals surface area (Å²) < 4.78 is 10.2. The number of carbonyl (C=O) groups excluding carboxylic acids is 1. The van der Waals surface area contributed by atoms with Crippen LogP contribution in [0.15, 0.2) is 72.8 Å². The molecule has 0 radical (unpaired) electrons. The second kappa shape index (κ2) is 8.42. The van der Waals surface area contributed by atoms with Crippen LogP contribution >= 0.6 is 0 Å². The zero-order valence-corrected chi connectivity index (χ0v) is 12.3. The minimum absolute atomic E-state index is 0.221. The van der Waals surface area contributed by atoms with Gasteiger partial charge in [-0.15, -0.1) is 0 Å². The Bertz CT molecular complexity index is 649. The molecule has 22 heavy (non-hydrogen) atoms. The number of carbonyl (C=O) groups is 1. The fourth-order valence-electron chi connectivity index (χ4n) is 1.73. The molecule has 0 atom stereocenters. The number of ether oxygens (including phenoxy) is 2. The summed E-state index contributed by atoms with van der Waals surface area (Å²) >= 11 is 0. The lowest BCUT2D eigenvalue weighted by Crippen LogP contribution is -2.04. The van der Waals surface area contributed by atoms with Crippen LogP contribution in [0.4, 0.5) is 0 Å². The highest BCUT2D eigenvalue weighted by Crippen LogP contribution is 2.05. The Kier molecular flexibility index (Phi) is 5.93. The SMILES string of the molecule is COC(=C\OC(=O)Cc1ccccc1)/C=C/c1ccccn1. The van der Waals surface area contributed by atoms with Crippen molar-refractivity contribution in [3.05, 3.63) is 84.1 Å². The van der Waals surface area contributed by atoms with E-state index < -0.39 is 0 Å². The molecule has 1 heterocycles. The van der Waals surface area contributed by atoms with Crippen LogP contribution in [0.5, 0.6) is 0 Å². The molecule has 0 aliphatic rings. The number of allylic oxidation sites excluding steroid dienone is 1. The van der Waals surface area contributed by atoms with Gasteiger partial charge in [-0.3, -0.25) is 9.78 Å². The van der Waals surface area contributed by atoms with E-state index in [9.17, 15) is 4.79 Å². The largest absolute Gasteiger partial charge is 0.494 e. The number of nitrogens with zero attached hydrogens (tertiary/aromatic N) is 1. The maximum atomic E-state index is 11.7. The zero-order chi connectivity index (χ0) is 15.6. The second-order valence-electron chi connectivity index (χ2n) is 4.46. The number of esters is 1. The summed E-state index contributed by atoms with van der Waals surface area (Å²) in [7, 11) is 1.51. The van der Waals surface area contributed by atoms with E-state index in [0.717, 1.165) is 11.3 Å². The summed E-state index contributed by atoms with van der Waals surface area (Å²) in [5.74, 6) is 0.0963. The van der Waals surface area contributed by atoms with Gasteiger partial charge in [-0.25, -0.2) is 0 Å². The number of hydrogen-bond donors (Lipinski definition) is 0. The third-order valence-corrected chi connectivity index (χ3v) is 2.84. The van der Waals surface area contributed by atoms with Crippen LogP contribution in [-0.2, 0) is 20.7 Å². The molecule has 4 nitrogen and oxygen atoms in total. The molecule has 2 rings (SSSR count). The Morgan fingerprint density at radius 3 is 2.59 bits per heavy atom. The zero-order valence-electron chi connectivity index (χ0n) is 12.3. The van der Waals surface area contributed by atoms with Gasteiger partial charge in [0.1, 0.15) is 6.26 Å². The molecule has 2 aromatic rings. The highest BCUT2D eigenvalue weighted by Gasteiger charge is 2.03. The molecule has 0 unspecified atom stereocenters. The van der Waals surface area contributed by atoms with E-state index in [1.807, 2.05) is 48.5 Å². The Balaban J connectivity index is 1.92. The lowest BCUT2D eigenvalue weighted by molar-refractivity contribution is -0.137. The smallest absolute Gasteiger partial charge is 0.315 e. The Morgan fingerprint density at radius 1 is 1.14 bits per heavy atom. The monoisotopic (exact) mass is 295 g/mol. The molecule has 1 aromatic carbocycles. The van der Waals surface area contributed by atoms with Gasteiger partial charge in [-0.2, -0.15) is 0 Å². The van der Waals surface area contributed by atoms with E-state index in [1.54, 1.807) is 18.3 Å². The number of hydrogen-bond acceptors (Lipinski definition) is 4. The van der Waals surface area contributed by atoms with Crippen LogP contribution in [0.1, 0.15) is 11.3 Å². The van der Waals surface area contributed by atoms with Gasteiger partial charge in [0.15, 0.2) is 5.76 Å². The second-order valence-corrected chi connectivity index (χ2v) is 4.46. The first-order valence-corrected chi connectivity index (χ1v) is 6.84. The molecular weight excluding hydrogens is 278 g/mol. The number of methoxy groups -OCH3 is 1. The third-order valence-electron chi connectivity index (χ3n) is 2.84. The fraction of sp³-hybridized carbons (Fsp3) is 0.111. The minimum Gasteiger partial charge on any atom is -0.494 e. The summed E-state index contributed by atoms with van der Waals surface area (Å²) in [6.07, 6.45) is 6.69. The predicted octanol–water partition coefficient (Wildman–Crippen LogP) is 3.37. The van der Waals surface area contributed by atoms with Crippen molar-refractivity contribution in [2.45, 2.75) is 6.42 Å². The van der Waals surface area contributed by atoms with Crippen molar-refractivity contribution >= 4 is 12.0 Å². The van der Waals surface area contributed by atoms with E-state index >= 15 is 0 Å². The van der Waals surface area contributed by atoms with Crippen molar-refractivity contribution in [1.82, 2.24) is 4.98 Å². The van der Waals surface area contributed by atoms with E-state index in [0.29, 0.717) is 5.76 Å². The minimum atomic E-state index is -0.341. The van der Waals surface area contributed by atoms with Crippen LogP contribution < -0.4 is 0 Å². The summed E-state index contributed by atoms with van der Waals surface area (Å²) in [5.41, 5.74) is 1.70. The first-order valence-electron chi connectivity index (χ1n) is 6.84. The molecule has 0 amide bonds. The topological polar surface area (TPSA) is 48.4 Å². The Labute approximate surface area is 129 Å².